The van der Waals surface area contributed by atoms with Gasteiger partial charge in [0.2, 0.25) is 5.88 Å². The maximum atomic E-state index is 11.9. The first kappa shape index (κ1) is 15.1. The van der Waals surface area contributed by atoms with Crippen LogP contribution >= 0.6 is 0 Å². The Morgan fingerprint density at radius 2 is 2.05 bits per heavy atom. The fourth-order valence-electron chi connectivity index (χ4n) is 1.90. The normalized spacial score (nSPS) is 10.4. The molecule has 0 unspecified atom stereocenters. The minimum Gasteiger partial charge on any atom is -0.478 e. The van der Waals surface area contributed by atoms with Gasteiger partial charge >= 0.3 is 0 Å². The van der Waals surface area contributed by atoms with E-state index in [1.54, 1.807) is 10.7 Å². The Hall–Kier alpha value is -2.30. The third-order valence-electron chi connectivity index (χ3n) is 3.00. The van der Waals surface area contributed by atoms with Crippen LogP contribution in [0.15, 0.2) is 36.4 Å². The van der Waals surface area contributed by atoms with Crippen molar-refractivity contribution in [2.45, 2.75) is 26.7 Å². The number of benzene rings is 1. The van der Waals surface area contributed by atoms with E-state index >= 15 is 0 Å². The SMILES string of the molecule is CCCCOc1cc(C(=O)NCC)nn1-c1ccccc1. The van der Waals surface area contributed by atoms with Crippen LogP contribution in [0, 0.1) is 0 Å². The van der Waals surface area contributed by atoms with Gasteiger partial charge in [0.15, 0.2) is 5.69 Å². The molecule has 0 atom stereocenters. The Bertz CT molecular complexity index is 578. The molecule has 0 aliphatic heterocycles. The average molecular weight is 287 g/mol. The quantitative estimate of drug-likeness (QED) is 0.797. The summed E-state index contributed by atoms with van der Waals surface area (Å²) in [7, 11) is 0. The summed E-state index contributed by atoms with van der Waals surface area (Å²) in [5.41, 5.74) is 1.24. The molecule has 0 saturated carbocycles. The van der Waals surface area contributed by atoms with Gasteiger partial charge in [-0.3, -0.25) is 4.79 Å². The number of aromatic nitrogens is 2. The van der Waals surface area contributed by atoms with E-state index in [1.807, 2.05) is 37.3 Å². The van der Waals surface area contributed by atoms with Crippen LogP contribution in [-0.4, -0.2) is 28.8 Å². The first-order chi connectivity index (χ1) is 10.3. The summed E-state index contributed by atoms with van der Waals surface area (Å²) in [6.45, 7) is 5.18. The molecule has 0 aliphatic carbocycles. The van der Waals surface area contributed by atoms with E-state index in [1.165, 1.54) is 0 Å². The third kappa shape index (κ3) is 3.84. The first-order valence-corrected chi connectivity index (χ1v) is 7.32. The molecule has 0 spiro atoms. The summed E-state index contributed by atoms with van der Waals surface area (Å²) in [5.74, 6) is 0.406. The lowest BCUT2D eigenvalue weighted by molar-refractivity contribution is 0.0950. The van der Waals surface area contributed by atoms with Crippen molar-refractivity contribution in [3.05, 3.63) is 42.1 Å². The fraction of sp³-hybridized carbons (Fsp3) is 0.375. The van der Waals surface area contributed by atoms with Crippen molar-refractivity contribution in [3.8, 4) is 11.6 Å². The number of nitrogens with one attached hydrogen (secondary N) is 1. The Balaban J connectivity index is 2.29. The minimum absolute atomic E-state index is 0.187. The van der Waals surface area contributed by atoms with Crippen molar-refractivity contribution >= 4 is 5.91 Å². The van der Waals surface area contributed by atoms with Gasteiger partial charge in [-0.1, -0.05) is 31.5 Å². The van der Waals surface area contributed by atoms with E-state index in [4.69, 9.17) is 4.74 Å². The molecule has 5 heteroatoms. The summed E-state index contributed by atoms with van der Waals surface area (Å²) < 4.78 is 7.43. The summed E-state index contributed by atoms with van der Waals surface area (Å²) in [6, 6.07) is 11.3. The summed E-state index contributed by atoms with van der Waals surface area (Å²) in [5, 5.41) is 7.11. The first-order valence-electron chi connectivity index (χ1n) is 7.32. The maximum Gasteiger partial charge on any atom is 0.271 e. The molecule has 5 nitrogen and oxygen atoms in total. The summed E-state index contributed by atoms with van der Waals surface area (Å²) in [4.78, 5) is 11.9. The molecule has 0 bridgehead atoms. The highest BCUT2D eigenvalue weighted by Crippen LogP contribution is 2.19. The number of ether oxygens (including phenoxy) is 1. The summed E-state index contributed by atoms with van der Waals surface area (Å²) >= 11 is 0. The number of hydrogen-bond donors (Lipinski definition) is 1. The molecule has 1 aromatic carbocycles. The number of carbonyl (C=O) groups excluding carboxylic acids is 1. The lowest BCUT2D eigenvalue weighted by Crippen LogP contribution is -2.23. The van der Waals surface area contributed by atoms with E-state index in [9.17, 15) is 4.79 Å². The second-order valence-corrected chi connectivity index (χ2v) is 4.68. The van der Waals surface area contributed by atoms with Gasteiger partial charge in [-0.2, -0.15) is 5.10 Å². The maximum absolute atomic E-state index is 11.9. The highest BCUT2D eigenvalue weighted by molar-refractivity contribution is 5.92. The van der Waals surface area contributed by atoms with Gasteiger partial charge in [-0.05, 0) is 25.5 Å². The average Bonchev–Trinajstić information content (AvgIpc) is 2.93. The van der Waals surface area contributed by atoms with Crippen molar-refractivity contribution in [3.63, 3.8) is 0 Å². The van der Waals surface area contributed by atoms with Gasteiger partial charge < -0.3 is 10.1 Å². The number of amides is 1. The number of nitrogens with zero attached hydrogens (tertiary/aromatic N) is 2. The van der Waals surface area contributed by atoms with Gasteiger partial charge in [-0.15, -0.1) is 0 Å². The zero-order chi connectivity index (χ0) is 15.1. The van der Waals surface area contributed by atoms with Crippen molar-refractivity contribution in [2.75, 3.05) is 13.2 Å². The molecule has 0 fully saturated rings. The Morgan fingerprint density at radius 1 is 1.29 bits per heavy atom. The number of rotatable bonds is 7. The molecule has 21 heavy (non-hydrogen) atoms. The van der Waals surface area contributed by atoms with Crippen LogP contribution in [0.5, 0.6) is 5.88 Å². The van der Waals surface area contributed by atoms with Gasteiger partial charge in [0.25, 0.3) is 5.91 Å². The molecule has 2 aromatic rings. The molecule has 1 N–H and O–H groups in total. The fourth-order valence-corrected chi connectivity index (χ4v) is 1.90. The number of unbranched alkanes of at least 4 members (excludes halogenated alkanes) is 1. The predicted molar refractivity (Wildman–Crippen MR) is 82.0 cm³/mol. The predicted octanol–water partition coefficient (Wildman–Crippen LogP) is 2.80. The number of para-hydroxylation sites is 1. The Labute approximate surface area is 124 Å². The third-order valence-corrected chi connectivity index (χ3v) is 3.00. The summed E-state index contributed by atoms with van der Waals surface area (Å²) in [6.07, 6.45) is 2.03. The smallest absolute Gasteiger partial charge is 0.271 e. The van der Waals surface area contributed by atoms with Crippen molar-refractivity contribution < 1.29 is 9.53 Å². The highest BCUT2D eigenvalue weighted by atomic mass is 16.5. The van der Waals surface area contributed by atoms with E-state index in [0.717, 1.165) is 18.5 Å². The largest absolute Gasteiger partial charge is 0.478 e. The Kier molecular flexibility index (Phi) is 5.37. The zero-order valence-corrected chi connectivity index (χ0v) is 12.5. The van der Waals surface area contributed by atoms with E-state index in [2.05, 4.69) is 17.3 Å². The molecule has 1 amide bonds. The number of carbonyl (C=O) groups is 1. The molecule has 1 aromatic heterocycles. The van der Waals surface area contributed by atoms with E-state index in [-0.39, 0.29) is 5.91 Å². The molecule has 1 heterocycles. The van der Waals surface area contributed by atoms with Crippen LogP contribution in [0.2, 0.25) is 0 Å². The van der Waals surface area contributed by atoms with Crippen LogP contribution in [0.1, 0.15) is 37.2 Å². The molecule has 0 saturated heterocycles. The van der Waals surface area contributed by atoms with Crippen molar-refractivity contribution in [1.29, 1.82) is 0 Å². The second-order valence-electron chi connectivity index (χ2n) is 4.68. The standard InChI is InChI=1S/C16H21N3O2/c1-3-5-11-21-15-12-14(16(20)17-4-2)18-19(15)13-9-7-6-8-10-13/h6-10,12H,3-5,11H2,1-2H3,(H,17,20). The zero-order valence-electron chi connectivity index (χ0n) is 12.5. The number of hydrogen-bond acceptors (Lipinski definition) is 3. The second kappa shape index (κ2) is 7.47. The monoisotopic (exact) mass is 287 g/mol. The van der Waals surface area contributed by atoms with Gasteiger partial charge in [0.05, 0.1) is 12.3 Å². The molecule has 2 rings (SSSR count). The topological polar surface area (TPSA) is 56.1 Å². The molecule has 112 valence electrons. The van der Waals surface area contributed by atoms with Gasteiger partial charge in [0.1, 0.15) is 0 Å². The molecule has 0 radical (unpaired) electrons. The van der Waals surface area contributed by atoms with Crippen LogP contribution in [0.4, 0.5) is 0 Å². The molecular weight excluding hydrogens is 266 g/mol. The lowest BCUT2D eigenvalue weighted by Gasteiger charge is -2.08. The van der Waals surface area contributed by atoms with Crippen LogP contribution in [-0.2, 0) is 0 Å². The van der Waals surface area contributed by atoms with Crippen molar-refractivity contribution in [1.82, 2.24) is 15.1 Å². The minimum atomic E-state index is -0.187. The van der Waals surface area contributed by atoms with Crippen molar-refractivity contribution in [2.24, 2.45) is 0 Å². The lowest BCUT2D eigenvalue weighted by atomic mass is 10.3. The van der Waals surface area contributed by atoms with E-state index in [0.29, 0.717) is 24.7 Å². The van der Waals surface area contributed by atoms with Gasteiger partial charge in [-0.25, -0.2) is 4.68 Å². The van der Waals surface area contributed by atoms with Crippen LogP contribution in [0.3, 0.4) is 0 Å². The Morgan fingerprint density at radius 3 is 2.71 bits per heavy atom. The van der Waals surface area contributed by atoms with Crippen LogP contribution < -0.4 is 10.1 Å². The van der Waals surface area contributed by atoms with Crippen LogP contribution in [0.25, 0.3) is 5.69 Å². The van der Waals surface area contributed by atoms with Gasteiger partial charge in [0, 0.05) is 12.6 Å². The molecule has 0 aliphatic rings. The molecular formula is C16H21N3O2. The van der Waals surface area contributed by atoms with E-state index < -0.39 is 0 Å². The highest BCUT2D eigenvalue weighted by Gasteiger charge is 2.15.